The maximum absolute atomic E-state index is 13.2. The van der Waals surface area contributed by atoms with Crippen LogP contribution in [0.5, 0.6) is 0 Å². The minimum atomic E-state index is -0.0841. The zero-order chi connectivity index (χ0) is 20.5. The van der Waals surface area contributed by atoms with E-state index in [0.29, 0.717) is 17.4 Å². The van der Waals surface area contributed by atoms with Gasteiger partial charge in [-0.2, -0.15) is 0 Å². The first kappa shape index (κ1) is 19.0. The van der Waals surface area contributed by atoms with Crippen molar-refractivity contribution in [3.05, 3.63) is 90.6 Å². The SMILES string of the molecule is C=CC1CN2CCC1C[C@@H]2[C@@H](NC(=O)c1ccccc1)c1ccnc2ccccc12. The van der Waals surface area contributed by atoms with Gasteiger partial charge in [0.2, 0.25) is 0 Å². The van der Waals surface area contributed by atoms with E-state index in [0.717, 1.165) is 36.0 Å². The van der Waals surface area contributed by atoms with Crippen LogP contribution in [0.2, 0.25) is 0 Å². The van der Waals surface area contributed by atoms with E-state index in [2.05, 4.69) is 40.0 Å². The standard InChI is InChI=1S/C26H27N3O/c1-2-18-17-29-15-13-20(18)16-24(29)25(28-26(30)19-8-4-3-5-9-19)22-12-14-27-23-11-7-6-10-21(22)23/h2-12,14,18,20,24-25H,1,13,15-17H2,(H,28,30)/t18?,20?,24-,25+/m1/s1. The number of fused-ring (bicyclic) bond motifs is 4. The number of pyridine rings is 1. The molecule has 30 heavy (non-hydrogen) atoms. The van der Waals surface area contributed by atoms with E-state index in [4.69, 9.17) is 0 Å². The summed E-state index contributed by atoms with van der Waals surface area (Å²) in [5.41, 5.74) is 2.81. The van der Waals surface area contributed by atoms with Crippen LogP contribution in [0.25, 0.3) is 10.9 Å². The number of para-hydroxylation sites is 1. The molecule has 3 aliphatic heterocycles. The Morgan fingerprint density at radius 3 is 2.70 bits per heavy atom. The number of hydrogen-bond acceptors (Lipinski definition) is 3. The van der Waals surface area contributed by atoms with Gasteiger partial charge in [0.25, 0.3) is 5.91 Å². The second-order valence-corrected chi connectivity index (χ2v) is 8.48. The molecule has 2 bridgehead atoms. The Hall–Kier alpha value is -2.98. The largest absolute Gasteiger partial charge is 0.344 e. The van der Waals surface area contributed by atoms with Crippen molar-refractivity contribution < 1.29 is 4.79 Å². The highest BCUT2D eigenvalue weighted by atomic mass is 16.1. The monoisotopic (exact) mass is 397 g/mol. The Balaban J connectivity index is 1.54. The van der Waals surface area contributed by atoms with Crippen LogP contribution in [-0.4, -0.2) is 34.9 Å². The van der Waals surface area contributed by atoms with Crippen LogP contribution in [0.4, 0.5) is 0 Å². The average Bonchev–Trinajstić information content (AvgIpc) is 2.83. The molecule has 3 saturated heterocycles. The first-order chi connectivity index (χ1) is 14.7. The summed E-state index contributed by atoms with van der Waals surface area (Å²) in [6.07, 6.45) is 6.27. The van der Waals surface area contributed by atoms with E-state index < -0.39 is 0 Å². The number of nitrogens with one attached hydrogen (secondary N) is 1. The Morgan fingerprint density at radius 1 is 1.13 bits per heavy atom. The van der Waals surface area contributed by atoms with Crippen molar-refractivity contribution in [3.63, 3.8) is 0 Å². The van der Waals surface area contributed by atoms with E-state index >= 15 is 0 Å². The minimum absolute atomic E-state index is 0.0237. The maximum atomic E-state index is 13.2. The predicted molar refractivity (Wildman–Crippen MR) is 120 cm³/mol. The molecule has 4 heterocycles. The van der Waals surface area contributed by atoms with Gasteiger partial charge in [0.05, 0.1) is 11.6 Å². The molecule has 5 atom stereocenters. The Bertz CT molecular complexity index is 1060. The molecule has 3 unspecified atom stereocenters. The summed E-state index contributed by atoms with van der Waals surface area (Å²) in [4.78, 5) is 20.3. The van der Waals surface area contributed by atoms with Crippen molar-refractivity contribution in [1.82, 2.24) is 15.2 Å². The molecule has 6 rings (SSSR count). The summed E-state index contributed by atoms with van der Waals surface area (Å²) in [6, 6.07) is 20.0. The van der Waals surface area contributed by atoms with Gasteiger partial charge in [-0.1, -0.05) is 42.5 Å². The van der Waals surface area contributed by atoms with Crippen LogP contribution < -0.4 is 5.32 Å². The van der Waals surface area contributed by atoms with Crippen LogP contribution in [0.1, 0.15) is 34.8 Å². The van der Waals surface area contributed by atoms with Crippen LogP contribution in [-0.2, 0) is 0 Å². The van der Waals surface area contributed by atoms with Gasteiger partial charge >= 0.3 is 0 Å². The molecular formula is C26H27N3O. The van der Waals surface area contributed by atoms with Gasteiger partial charge in [0.15, 0.2) is 0 Å². The van der Waals surface area contributed by atoms with Crippen LogP contribution in [0.15, 0.2) is 79.5 Å². The van der Waals surface area contributed by atoms with Crippen molar-refractivity contribution in [1.29, 1.82) is 0 Å². The molecule has 2 aromatic carbocycles. The third-order valence-corrected chi connectivity index (χ3v) is 6.88. The van der Waals surface area contributed by atoms with E-state index in [1.54, 1.807) is 0 Å². The smallest absolute Gasteiger partial charge is 0.251 e. The molecule has 0 saturated carbocycles. The number of rotatable bonds is 5. The second-order valence-electron chi connectivity index (χ2n) is 8.48. The average molecular weight is 398 g/mol. The minimum Gasteiger partial charge on any atom is -0.344 e. The van der Waals surface area contributed by atoms with Crippen molar-refractivity contribution in [2.45, 2.75) is 24.9 Å². The summed E-state index contributed by atoms with van der Waals surface area (Å²) in [5.74, 6) is 1.17. The van der Waals surface area contributed by atoms with E-state index in [1.807, 2.05) is 54.7 Å². The van der Waals surface area contributed by atoms with Gasteiger partial charge in [-0.3, -0.25) is 14.7 Å². The summed E-state index contributed by atoms with van der Waals surface area (Å²) in [5, 5.41) is 4.51. The lowest BCUT2D eigenvalue weighted by Crippen LogP contribution is -2.57. The molecule has 4 nitrogen and oxygen atoms in total. The topological polar surface area (TPSA) is 45.2 Å². The number of benzene rings is 2. The number of carbonyl (C=O) groups excluding carboxylic acids is 1. The van der Waals surface area contributed by atoms with Crippen molar-refractivity contribution in [2.24, 2.45) is 11.8 Å². The first-order valence-electron chi connectivity index (χ1n) is 10.8. The van der Waals surface area contributed by atoms with Gasteiger partial charge in [-0.25, -0.2) is 0 Å². The zero-order valence-corrected chi connectivity index (χ0v) is 17.1. The number of piperidine rings is 3. The van der Waals surface area contributed by atoms with E-state index in [9.17, 15) is 4.79 Å². The summed E-state index contributed by atoms with van der Waals surface area (Å²) >= 11 is 0. The molecule has 1 amide bonds. The highest BCUT2D eigenvalue weighted by molar-refractivity contribution is 5.95. The molecule has 152 valence electrons. The van der Waals surface area contributed by atoms with Crippen LogP contribution in [0.3, 0.4) is 0 Å². The summed E-state index contributed by atoms with van der Waals surface area (Å²) in [6.45, 7) is 6.17. The molecule has 0 radical (unpaired) electrons. The molecule has 3 fully saturated rings. The Labute approximate surface area is 177 Å². The van der Waals surface area contributed by atoms with Crippen LogP contribution in [0, 0.1) is 11.8 Å². The number of amides is 1. The fourth-order valence-electron chi connectivity index (χ4n) is 5.31. The fraction of sp³-hybridized carbons (Fsp3) is 0.308. The van der Waals surface area contributed by atoms with E-state index in [1.165, 1.54) is 6.42 Å². The molecular weight excluding hydrogens is 370 g/mol. The van der Waals surface area contributed by atoms with Gasteiger partial charge < -0.3 is 5.32 Å². The lowest BCUT2D eigenvalue weighted by Gasteiger charge is -2.51. The molecule has 0 spiro atoms. The van der Waals surface area contributed by atoms with Crippen LogP contribution >= 0.6 is 0 Å². The van der Waals surface area contributed by atoms with E-state index in [-0.39, 0.29) is 18.0 Å². The highest BCUT2D eigenvalue weighted by Crippen LogP contribution is 2.42. The maximum Gasteiger partial charge on any atom is 0.251 e. The molecule has 0 aliphatic carbocycles. The van der Waals surface area contributed by atoms with Gasteiger partial charge in [0, 0.05) is 29.7 Å². The number of carbonyl (C=O) groups is 1. The predicted octanol–water partition coefficient (Wildman–Crippen LogP) is 4.60. The van der Waals surface area contributed by atoms with Gasteiger partial charge in [0.1, 0.15) is 0 Å². The number of nitrogens with zero attached hydrogens (tertiary/aromatic N) is 2. The quantitative estimate of drug-likeness (QED) is 0.640. The molecule has 3 aliphatic rings. The Kier molecular flexibility index (Phi) is 5.09. The lowest BCUT2D eigenvalue weighted by atomic mass is 9.73. The van der Waals surface area contributed by atoms with Gasteiger partial charge in [-0.05, 0) is 61.1 Å². The molecule has 4 heteroatoms. The third kappa shape index (κ3) is 3.41. The molecule has 1 N–H and O–H groups in total. The molecule has 3 aromatic rings. The number of aromatic nitrogens is 1. The third-order valence-electron chi connectivity index (χ3n) is 6.88. The fourth-order valence-corrected chi connectivity index (χ4v) is 5.31. The van der Waals surface area contributed by atoms with Crippen molar-refractivity contribution >= 4 is 16.8 Å². The van der Waals surface area contributed by atoms with Crippen molar-refractivity contribution in [2.75, 3.05) is 13.1 Å². The summed E-state index contributed by atoms with van der Waals surface area (Å²) < 4.78 is 0. The number of hydrogen-bond donors (Lipinski definition) is 1. The summed E-state index contributed by atoms with van der Waals surface area (Å²) in [7, 11) is 0. The van der Waals surface area contributed by atoms with Crippen molar-refractivity contribution in [3.8, 4) is 0 Å². The zero-order valence-electron chi connectivity index (χ0n) is 17.1. The molecule has 1 aromatic heterocycles. The van der Waals surface area contributed by atoms with Gasteiger partial charge in [-0.15, -0.1) is 6.58 Å². The lowest BCUT2D eigenvalue weighted by molar-refractivity contribution is 0.00171. The highest BCUT2D eigenvalue weighted by Gasteiger charge is 2.43. The second kappa shape index (κ2) is 8.04. The Morgan fingerprint density at radius 2 is 1.93 bits per heavy atom. The first-order valence-corrected chi connectivity index (χ1v) is 10.8. The normalized spacial score (nSPS) is 26.3.